The summed E-state index contributed by atoms with van der Waals surface area (Å²) in [6.07, 6.45) is -0.292. The van der Waals surface area contributed by atoms with E-state index in [1.807, 2.05) is 25.1 Å². The van der Waals surface area contributed by atoms with E-state index in [1.54, 1.807) is 13.0 Å². The summed E-state index contributed by atoms with van der Waals surface area (Å²) in [4.78, 5) is 10.7. The van der Waals surface area contributed by atoms with Gasteiger partial charge in [0, 0.05) is 0 Å². The maximum atomic E-state index is 10.7. The fraction of sp³-hybridized carbons (Fsp3) is 0.364. The second-order valence-corrected chi connectivity index (χ2v) is 3.12. The van der Waals surface area contributed by atoms with Gasteiger partial charge in [-0.3, -0.25) is 0 Å². The summed E-state index contributed by atoms with van der Waals surface area (Å²) >= 11 is 0. The molecule has 3 heteroatoms. The Hall–Kier alpha value is -1.51. The summed E-state index contributed by atoms with van der Waals surface area (Å²) < 4.78 is 5.36. The van der Waals surface area contributed by atoms with Gasteiger partial charge in [-0.15, -0.1) is 0 Å². The monoisotopic (exact) mass is 194 g/mol. The van der Waals surface area contributed by atoms with Crippen LogP contribution in [0, 0.1) is 6.92 Å². The van der Waals surface area contributed by atoms with Crippen LogP contribution in [0.5, 0.6) is 5.75 Å². The normalized spacial score (nSPS) is 12.1. The van der Waals surface area contributed by atoms with Crippen LogP contribution < -0.4 is 4.74 Å². The quantitative estimate of drug-likeness (QED) is 0.799. The van der Waals surface area contributed by atoms with E-state index in [4.69, 9.17) is 9.84 Å². The molecule has 0 heterocycles. The number of aliphatic carboxylic acids is 1. The van der Waals surface area contributed by atoms with Gasteiger partial charge in [-0.1, -0.05) is 25.1 Å². The van der Waals surface area contributed by atoms with Crippen LogP contribution in [-0.2, 0) is 4.79 Å². The second-order valence-electron chi connectivity index (χ2n) is 3.12. The minimum atomic E-state index is -0.921. The average molecular weight is 194 g/mol. The average Bonchev–Trinajstić information content (AvgIpc) is 2.16. The van der Waals surface area contributed by atoms with Crippen molar-refractivity contribution >= 4 is 5.97 Å². The fourth-order valence-electron chi connectivity index (χ4n) is 1.15. The van der Waals surface area contributed by atoms with E-state index in [9.17, 15) is 4.79 Å². The van der Waals surface area contributed by atoms with Gasteiger partial charge in [0.2, 0.25) is 0 Å². The predicted octanol–water partition coefficient (Wildman–Crippen LogP) is 2.24. The molecular formula is C11H14O3. The molecule has 0 bridgehead atoms. The lowest BCUT2D eigenvalue weighted by Crippen LogP contribution is -2.26. The van der Waals surface area contributed by atoms with Crippen LogP contribution in [-0.4, -0.2) is 17.2 Å². The van der Waals surface area contributed by atoms with Crippen molar-refractivity contribution in [2.24, 2.45) is 0 Å². The molecule has 0 amide bonds. The smallest absolute Gasteiger partial charge is 0.344 e. The van der Waals surface area contributed by atoms with Crippen molar-refractivity contribution in [2.45, 2.75) is 26.4 Å². The molecule has 1 rings (SSSR count). The van der Waals surface area contributed by atoms with Crippen molar-refractivity contribution in [3.63, 3.8) is 0 Å². The van der Waals surface area contributed by atoms with Crippen molar-refractivity contribution < 1.29 is 14.6 Å². The number of ether oxygens (including phenoxy) is 1. The molecule has 0 saturated heterocycles. The van der Waals surface area contributed by atoms with Crippen LogP contribution in [0.15, 0.2) is 24.3 Å². The summed E-state index contributed by atoms with van der Waals surface area (Å²) in [6, 6.07) is 7.39. The fourth-order valence-corrected chi connectivity index (χ4v) is 1.15. The molecule has 1 aromatic carbocycles. The third kappa shape index (κ3) is 2.49. The van der Waals surface area contributed by atoms with Crippen LogP contribution in [0.4, 0.5) is 0 Å². The molecule has 0 radical (unpaired) electrons. The molecule has 0 aromatic heterocycles. The molecule has 0 aliphatic rings. The maximum absolute atomic E-state index is 10.7. The molecular weight excluding hydrogens is 180 g/mol. The van der Waals surface area contributed by atoms with Crippen LogP contribution in [0.25, 0.3) is 0 Å². The highest BCUT2D eigenvalue weighted by molar-refractivity contribution is 5.72. The number of carbonyl (C=O) groups is 1. The lowest BCUT2D eigenvalue weighted by molar-refractivity contribution is -0.145. The lowest BCUT2D eigenvalue weighted by Gasteiger charge is -2.14. The molecule has 0 saturated carbocycles. The Labute approximate surface area is 83.3 Å². The molecule has 0 aliphatic carbocycles. The van der Waals surface area contributed by atoms with Gasteiger partial charge in [-0.05, 0) is 25.0 Å². The van der Waals surface area contributed by atoms with E-state index < -0.39 is 12.1 Å². The number of benzene rings is 1. The van der Waals surface area contributed by atoms with Gasteiger partial charge < -0.3 is 9.84 Å². The Morgan fingerprint density at radius 2 is 2.14 bits per heavy atom. The highest BCUT2D eigenvalue weighted by Crippen LogP contribution is 2.18. The summed E-state index contributed by atoms with van der Waals surface area (Å²) in [5, 5.41) is 8.80. The van der Waals surface area contributed by atoms with E-state index >= 15 is 0 Å². The van der Waals surface area contributed by atoms with Gasteiger partial charge in [0.25, 0.3) is 0 Å². The summed E-state index contributed by atoms with van der Waals surface area (Å²) in [5.41, 5.74) is 0.951. The molecule has 14 heavy (non-hydrogen) atoms. The molecule has 1 unspecified atom stereocenters. The molecule has 1 aromatic rings. The first-order valence-corrected chi connectivity index (χ1v) is 4.60. The highest BCUT2D eigenvalue weighted by Gasteiger charge is 2.17. The van der Waals surface area contributed by atoms with Crippen LogP contribution >= 0.6 is 0 Å². The van der Waals surface area contributed by atoms with Crippen LogP contribution in [0.1, 0.15) is 18.9 Å². The molecule has 3 nitrogen and oxygen atoms in total. The highest BCUT2D eigenvalue weighted by atomic mass is 16.5. The third-order valence-electron chi connectivity index (χ3n) is 2.01. The molecule has 1 atom stereocenters. The number of carboxylic acid groups (broad SMARTS) is 1. The number of hydrogen-bond donors (Lipinski definition) is 1. The van der Waals surface area contributed by atoms with E-state index in [0.29, 0.717) is 12.2 Å². The van der Waals surface area contributed by atoms with Gasteiger partial charge in [-0.25, -0.2) is 4.79 Å². The van der Waals surface area contributed by atoms with Crippen LogP contribution in [0.3, 0.4) is 0 Å². The van der Waals surface area contributed by atoms with E-state index in [1.165, 1.54) is 0 Å². The summed E-state index contributed by atoms with van der Waals surface area (Å²) in [7, 11) is 0. The van der Waals surface area contributed by atoms with Crippen molar-refractivity contribution in [1.82, 2.24) is 0 Å². The summed E-state index contributed by atoms with van der Waals surface area (Å²) in [5.74, 6) is -0.280. The Bertz CT molecular complexity index is 320. The molecule has 0 fully saturated rings. The van der Waals surface area contributed by atoms with Crippen molar-refractivity contribution in [2.75, 3.05) is 0 Å². The molecule has 0 aliphatic heterocycles. The SMILES string of the molecule is CCC(Oc1ccccc1C)C(=O)O. The first kappa shape index (κ1) is 10.6. The van der Waals surface area contributed by atoms with Gasteiger partial charge in [-0.2, -0.15) is 0 Å². The Morgan fingerprint density at radius 1 is 1.50 bits per heavy atom. The van der Waals surface area contributed by atoms with Gasteiger partial charge in [0.05, 0.1) is 0 Å². The van der Waals surface area contributed by atoms with E-state index in [-0.39, 0.29) is 0 Å². The van der Waals surface area contributed by atoms with Gasteiger partial charge >= 0.3 is 5.97 Å². The zero-order valence-corrected chi connectivity index (χ0v) is 8.36. The molecule has 1 N–H and O–H groups in total. The third-order valence-corrected chi connectivity index (χ3v) is 2.01. The van der Waals surface area contributed by atoms with E-state index in [0.717, 1.165) is 5.56 Å². The first-order chi connectivity index (χ1) is 6.65. The molecule has 0 spiro atoms. The van der Waals surface area contributed by atoms with Crippen LogP contribution in [0.2, 0.25) is 0 Å². The van der Waals surface area contributed by atoms with Gasteiger partial charge in [0.1, 0.15) is 5.75 Å². The predicted molar refractivity (Wildman–Crippen MR) is 53.5 cm³/mol. The van der Waals surface area contributed by atoms with Gasteiger partial charge in [0.15, 0.2) is 6.10 Å². The number of rotatable bonds is 4. The van der Waals surface area contributed by atoms with Crippen molar-refractivity contribution in [1.29, 1.82) is 0 Å². The van der Waals surface area contributed by atoms with Crippen molar-refractivity contribution in [3.05, 3.63) is 29.8 Å². The number of aryl methyl sites for hydroxylation is 1. The van der Waals surface area contributed by atoms with E-state index in [2.05, 4.69) is 0 Å². The zero-order valence-electron chi connectivity index (χ0n) is 8.36. The Morgan fingerprint density at radius 3 is 2.64 bits per heavy atom. The van der Waals surface area contributed by atoms with Crippen molar-refractivity contribution in [3.8, 4) is 5.75 Å². The molecule has 76 valence electrons. The number of carboxylic acids is 1. The number of hydrogen-bond acceptors (Lipinski definition) is 2. The number of para-hydroxylation sites is 1. The topological polar surface area (TPSA) is 46.5 Å². The largest absolute Gasteiger partial charge is 0.479 e. The minimum Gasteiger partial charge on any atom is -0.479 e. The maximum Gasteiger partial charge on any atom is 0.344 e. The standard InChI is InChI=1S/C11H14O3/c1-3-9(11(12)13)14-10-7-5-4-6-8(10)2/h4-7,9H,3H2,1-2H3,(H,12,13). The Kier molecular flexibility index (Phi) is 3.51. The first-order valence-electron chi connectivity index (χ1n) is 4.60. The Balaban J connectivity index is 2.77. The second kappa shape index (κ2) is 4.65. The zero-order chi connectivity index (χ0) is 10.6. The lowest BCUT2D eigenvalue weighted by atomic mass is 10.2. The minimum absolute atomic E-state index is 0.462. The summed E-state index contributed by atoms with van der Waals surface area (Å²) in [6.45, 7) is 3.68.